The van der Waals surface area contributed by atoms with Gasteiger partial charge in [-0.1, -0.05) is 0 Å². The Morgan fingerprint density at radius 2 is 2.00 bits per heavy atom. The molecule has 1 aliphatic carbocycles. The maximum absolute atomic E-state index is 12.5. The summed E-state index contributed by atoms with van der Waals surface area (Å²) < 4.78 is 0. The normalized spacial score (nSPS) is 29.6. The van der Waals surface area contributed by atoms with Crippen LogP contribution in [0.15, 0.2) is 29.2 Å². The van der Waals surface area contributed by atoms with Crippen molar-refractivity contribution in [2.75, 3.05) is 19.3 Å². The number of hydrogen-bond acceptors (Lipinski definition) is 3. The van der Waals surface area contributed by atoms with Gasteiger partial charge in [-0.05, 0) is 55.2 Å². The molecule has 1 aliphatic heterocycles. The van der Waals surface area contributed by atoms with Crippen LogP contribution in [-0.2, 0) is 0 Å². The van der Waals surface area contributed by atoms with E-state index in [0.29, 0.717) is 17.9 Å². The Morgan fingerprint density at radius 3 is 2.63 bits per heavy atom. The maximum Gasteiger partial charge on any atom is 0.253 e. The summed E-state index contributed by atoms with van der Waals surface area (Å²) in [7, 11) is 0. The molecule has 3 atom stereocenters. The van der Waals surface area contributed by atoms with Crippen LogP contribution in [0.1, 0.15) is 23.2 Å². The maximum atomic E-state index is 12.5. The fraction of sp³-hybridized carbons (Fsp3) is 0.533. The smallest absolute Gasteiger partial charge is 0.253 e. The van der Waals surface area contributed by atoms with E-state index in [-0.39, 0.29) is 5.91 Å². The third-order valence-corrected chi connectivity index (χ3v) is 5.28. The molecule has 3 nitrogen and oxygen atoms in total. The van der Waals surface area contributed by atoms with Crippen molar-refractivity contribution in [1.82, 2.24) is 4.90 Å². The molecule has 1 saturated heterocycles. The molecule has 2 fully saturated rings. The first-order chi connectivity index (χ1) is 9.19. The fourth-order valence-corrected chi connectivity index (χ4v) is 3.80. The Morgan fingerprint density at radius 1 is 1.26 bits per heavy atom. The Kier molecular flexibility index (Phi) is 3.54. The van der Waals surface area contributed by atoms with Crippen molar-refractivity contribution in [3.8, 4) is 0 Å². The van der Waals surface area contributed by atoms with Crippen LogP contribution >= 0.6 is 11.8 Å². The molecule has 0 bridgehead atoms. The van der Waals surface area contributed by atoms with Gasteiger partial charge in [-0.15, -0.1) is 11.8 Å². The number of nitrogens with zero attached hydrogens (tertiary/aromatic N) is 1. The predicted molar refractivity (Wildman–Crippen MR) is 78.3 cm³/mol. The highest BCUT2D eigenvalue weighted by Crippen LogP contribution is 2.37. The van der Waals surface area contributed by atoms with Crippen LogP contribution in [0.2, 0.25) is 0 Å². The Bertz CT molecular complexity index is 474. The third-order valence-electron chi connectivity index (χ3n) is 4.54. The molecule has 3 rings (SSSR count). The second kappa shape index (κ2) is 5.17. The summed E-state index contributed by atoms with van der Waals surface area (Å²) >= 11 is 1.69. The van der Waals surface area contributed by atoms with Crippen molar-refractivity contribution >= 4 is 17.7 Å². The number of amides is 1. The van der Waals surface area contributed by atoms with E-state index in [4.69, 9.17) is 5.73 Å². The second-order valence-corrected chi connectivity index (χ2v) is 6.48. The van der Waals surface area contributed by atoms with Crippen LogP contribution in [0.5, 0.6) is 0 Å². The molecule has 0 radical (unpaired) electrons. The van der Waals surface area contributed by atoms with Crippen molar-refractivity contribution in [3.63, 3.8) is 0 Å². The summed E-state index contributed by atoms with van der Waals surface area (Å²) in [5.74, 6) is 1.31. The zero-order valence-corrected chi connectivity index (χ0v) is 12.0. The summed E-state index contributed by atoms with van der Waals surface area (Å²) in [6.45, 7) is 1.73. The quantitative estimate of drug-likeness (QED) is 0.843. The van der Waals surface area contributed by atoms with E-state index in [9.17, 15) is 4.79 Å². The van der Waals surface area contributed by atoms with Crippen LogP contribution < -0.4 is 5.73 Å². The fourth-order valence-electron chi connectivity index (χ4n) is 3.39. The van der Waals surface area contributed by atoms with Crippen LogP contribution in [0.25, 0.3) is 0 Å². The number of benzene rings is 1. The number of nitrogens with two attached hydrogens (primary N) is 1. The molecule has 3 unspecified atom stereocenters. The first-order valence-electron chi connectivity index (χ1n) is 6.88. The molecule has 1 heterocycles. The molecule has 1 amide bonds. The van der Waals surface area contributed by atoms with E-state index in [0.717, 1.165) is 25.1 Å². The minimum atomic E-state index is 0.161. The van der Waals surface area contributed by atoms with E-state index >= 15 is 0 Å². The van der Waals surface area contributed by atoms with E-state index in [1.807, 2.05) is 35.4 Å². The lowest BCUT2D eigenvalue weighted by Gasteiger charge is -2.19. The lowest BCUT2D eigenvalue weighted by molar-refractivity contribution is 0.0779. The molecular weight excluding hydrogens is 256 g/mol. The average molecular weight is 276 g/mol. The summed E-state index contributed by atoms with van der Waals surface area (Å²) in [5.41, 5.74) is 6.92. The van der Waals surface area contributed by atoms with Gasteiger partial charge in [0.2, 0.25) is 0 Å². The minimum Gasteiger partial charge on any atom is -0.338 e. The molecule has 0 spiro atoms. The number of thioether (sulfide) groups is 1. The SMILES string of the molecule is CSc1ccc(C(=O)N2CC3CCC(N)C3C2)cc1. The van der Waals surface area contributed by atoms with Gasteiger partial charge in [0.15, 0.2) is 0 Å². The van der Waals surface area contributed by atoms with Gasteiger partial charge in [0, 0.05) is 29.6 Å². The van der Waals surface area contributed by atoms with Crippen molar-refractivity contribution in [3.05, 3.63) is 29.8 Å². The Hall–Kier alpha value is -1.00. The number of likely N-dealkylation sites (tertiary alicyclic amines) is 1. The monoisotopic (exact) mass is 276 g/mol. The number of carbonyl (C=O) groups is 1. The molecular formula is C15H20N2OS. The van der Waals surface area contributed by atoms with Crippen LogP contribution in [0.3, 0.4) is 0 Å². The molecule has 102 valence electrons. The van der Waals surface area contributed by atoms with E-state index in [1.165, 1.54) is 11.3 Å². The first kappa shape index (κ1) is 13.0. The average Bonchev–Trinajstić information content (AvgIpc) is 3.01. The lowest BCUT2D eigenvalue weighted by atomic mass is 9.98. The summed E-state index contributed by atoms with van der Waals surface area (Å²) in [4.78, 5) is 15.6. The van der Waals surface area contributed by atoms with Gasteiger partial charge in [0.25, 0.3) is 5.91 Å². The molecule has 1 aromatic carbocycles. The van der Waals surface area contributed by atoms with Crippen LogP contribution in [0.4, 0.5) is 0 Å². The van der Waals surface area contributed by atoms with Gasteiger partial charge in [-0.2, -0.15) is 0 Å². The van der Waals surface area contributed by atoms with Crippen molar-refractivity contribution in [1.29, 1.82) is 0 Å². The van der Waals surface area contributed by atoms with Crippen molar-refractivity contribution < 1.29 is 4.79 Å². The van der Waals surface area contributed by atoms with Gasteiger partial charge < -0.3 is 10.6 Å². The van der Waals surface area contributed by atoms with Crippen LogP contribution in [0, 0.1) is 11.8 Å². The minimum absolute atomic E-state index is 0.161. The number of carbonyl (C=O) groups excluding carboxylic acids is 1. The van der Waals surface area contributed by atoms with Gasteiger partial charge in [-0.3, -0.25) is 4.79 Å². The topological polar surface area (TPSA) is 46.3 Å². The largest absolute Gasteiger partial charge is 0.338 e. The lowest BCUT2D eigenvalue weighted by Crippen LogP contribution is -2.33. The Labute approximate surface area is 118 Å². The molecule has 4 heteroatoms. The molecule has 2 N–H and O–H groups in total. The van der Waals surface area contributed by atoms with E-state index in [1.54, 1.807) is 11.8 Å². The summed E-state index contributed by atoms with van der Waals surface area (Å²) in [6.07, 6.45) is 4.35. The van der Waals surface area contributed by atoms with Gasteiger partial charge in [0.1, 0.15) is 0 Å². The first-order valence-corrected chi connectivity index (χ1v) is 8.10. The van der Waals surface area contributed by atoms with E-state index < -0.39 is 0 Å². The van der Waals surface area contributed by atoms with Gasteiger partial charge >= 0.3 is 0 Å². The predicted octanol–water partition coefficient (Wildman–Crippen LogP) is 2.22. The van der Waals surface area contributed by atoms with Gasteiger partial charge in [0.05, 0.1) is 0 Å². The molecule has 19 heavy (non-hydrogen) atoms. The zero-order chi connectivity index (χ0) is 13.4. The van der Waals surface area contributed by atoms with Crippen LogP contribution in [-0.4, -0.2) is 36.2 Å². The zero-order valence-electron chi connectivity index (χ0n) is 11.2. The number of rotatable bonds is 2. The summed E-state index contributed by atoms with van der Waals surface area (Å²) in [6, 6.07) is 8.19. The molecule has 1 saturated carbocycles. The highest BCUT2D eigenvalue weighted by atomic mass is 32.2. The summed E-state index contributed by atoms with van der Waals surface area (Å²) in [5, 5.41) is 0. The second-order valence-electron chi connectivity index (χ2n) is 5.60. The number of fused-ring (bicyclic) bond motifs is 1. The molecule has 2 aliphatic rings. The van der Waals surface area contributed by atoms with Gasteiger partial charge in [-0.25, -0.2) is 0 Å². The third kappa shape index (κ3) is 2.39. The van der Waals surface area contributed by atoms with Crippen molar-refractivity contribution in [2.45, 2.75) is 23.8 Å². The highest BCUT2D eigenvalue weighted by molar-refractivity contribution is 7.98. The molecule has 0 aromatic heterocycles. The molecule has 1 aromatic rings. The standard InChI is InChI=1S/C15H20N2OS/c1-19-12-5-2-10(3-6-12)15(18)17-8-11-4-7-14(16)13(11)9-17/h2-3,5-6,11,13-14H,4,7-9,16H2,1H3. The van der Waals surface area contributed by atoms with Crippen molar-refractivity contribution in [2.24, 2.45) is 17.6 Å². The van der Waals surface area contributed by atoms with E-state index in [2.05, 4.69) is 0 Å². The Balaban J connectivity index is 1.71. The number of hydrogen-bond donors (Lipinski definition) is 1. The highest BCUT2D eigenvalue weighted by Gasteiger charge is 2.42.